The van der Waals surface area contributed by atoms with Crippen molar-refractivity contribution in [1.29, 1.82) is 0 Å². The molecule has 0 bridgehead atoms. The fourth-order valence-electron chi connectivity index (χ4n) is 2.86. The SMILES string of the molecule is CC1CCCCN1CCNC(N)=NCC1CCCO1. The molecule has 2 atom stereocenters. The monoisotopic (exact) mass is 268 g/mol. The van der Waals surface area contributed by atoms with Gasteiger partial charge in [0.05, 0.1) is 12.6 Å². The molecule has 0 aromatic rings. The molecule has 0 aromatic heterocycles. The Balaban J connectivity index is 1.59. The molecule has 2 aliphatic rings. The number of nitrogens with one attached hydrogen (secondary N) is 1. The number of aliphatic imine (C=N–C) groups is 1. The summed E-state index contributed by atoms with van der Waals surface area (Å²) in [5.41, 5.74) is 5.87. The average molecular weight is 268 g/mol. The van der Waals surface area contributed by atoms with Gasteiger partial charge >= 0.3 is 0 Å². The number of ether oxygens (including phenoxy) is 1. The number of hydrogen-bond acceptors (Lipinski definition) is 3. The first-order chi connectivity index (χ1) is 9.25. The van der Waals surface area contributed by atoms with Gasteiger partial charge in [0.1, 0.15) is 0 Å². The van der Waals surface area contributed by atoms with E-state index in [1.807, 2.05) is 0 Å². The van der Waals surface area contributed by atoms with Crippen molar-refractivity contribution in [3.05, 3.63) is 0 Å². The van der Waals surface area contributed by atoms with E-state index >= 15 is 0 Å². The van der Waals surface area contributed by atoms with Gasteiger partial charge < -0.3 is 15.8 Å². The second kappa shape index (κ2) is 7.70. The van der Waals surface area contributed by atoms with Crippen molar-refractivity contribution < 1.29 is 4.74 Å². The molecule has 2 unspecified atom stereocenters. The minimum absolute atomic E-state index is 0.280. The summed E-state index contributed by atoms with van der Waals surface area (Å²) in [6.45, 7) is 7.03. The number of hydrogen-bond donors (Lipinski definition) is 2. The Morgan fingerprint density at radius 3 is 3.00 bits per heavy atom. The van der Waals surface area contributed by atoms with Crippen LogP contribution in [0.15, 0.2) is 4.99 Å². The van der Waals surface area contributed by atoms with Crippen LogP contribution in [-0.2, 0) is 4.74 Å². The van der Waals surface area contributed by atoms with Gasteiger partial charge in [0.2, 0.25) is 0 Å². The third-order valence-corrected chi connectivity index (χ3v) is 4.13. The van der Waals surface area contributed by atoms with Gasteiger partial charge in [-0.2, -0.15) is 0 Å². The van der Waals surface area contributed by atoms with Gasteiger partial charge in [-0.3, -0.25) is 9.89 Å². The van der Waals surface area contributed by atoms with E-state index in [4.69, 9.17) is 10.5 Å². The molecule has 0 radical (unpaired) electrons. The van der Waals surface area contributed by atoms with Gasteiger partial charge in [-0.1, -0.05) is 6.42 Å². The van der Waals surface area contributed by atoms with E-state index in [1.165, 1.54) is 25.8 Å². The summed E-state index contributed by atoms with van der Waals surface area (Å²) < 4.78 is 5.52. The fraction of sp³-hybridized carbons (Fsp3) is 0.929. The van der Waals surface area contributed by atoms with E-state index < -0.39 is 0 Å². The standard InChI is InChI=1S/C14H28N4O/c1-12-5-2-3-8-18(12)9-7-16-14(15)17-11-13-6-4-10-19-13/h12-13H,2-11H2,1H3,(H3,15,16,17). The summed E-state index contributed by atoms with van der Waals surface area (Å²) in [5, 5.41) is 3.20. The van der Waals surface area contributed by atoms with Crippen LogP contribution in [0.1, 0.15) is 39.0 Å². The minimum atomic E-state index is 0.280. The average Bonchev–Trinajstić information content (AvgIpc) is 2.92. The van der Waals surface area contributed by atoms with Gasteiger partial charge in [-0.15, -0.1) is 0 Å². The van der Waals surface area contributed by atoms with E-state index in [-0.39, 0.29) is 6.10 Å². The molecule has 3 N–H and O–H groups in total. The smallest absolute Gasteiger partial charge is 0.188 e. The zero-order valence-electron chi connectivity index (χ0n) is 12.1. The highest BCUT2D eigenvalue weighted by Crippen LogP contribution is 2.15. The van der Waals surface area contributed by atoms with E-state index in [1.54, 1.807) is 0 Å². The second-order valence-corrected chi connectivity index (χ2v) is 5.67. The topological polar surface area (TPSA) is 62.9 Å². The minimum Gasteiger partial charge on any atom is -0.376 e. The van der Waals surface area contributed by atoms with Gasteiger partial charge in [0.25, 0.3) is 0 Å². The Bertz CT molecular complexity index is 289. The Morgan fingerprint density at radius 2 is 2.26 bits per heavy atom. The van der Waals surface area contributed by atoms with E-state index in [9.17, 15) is 0 Å². The van der Waals surface area contributed by atoms with Crippen molar-refractivity contribution in [2.75, 3.05) is 32.8 Å². The van der Waals surface area contributed by atoms with Gasteiger partial charge in [-0.05, 0) is 39.2 Å². The highest BCUT2D eigenvalue weighted by atomic mass is 16.5. The summed E-state index contributed by atoms with van der Waals surface area (Å²) in [6, 6.07) is 0.709. The van der Waals surface area contributed by atoms with Crippen LogP contribution < -0.4 is 11.1 Å². The van der Waals surface area contributed by atoms with E-state index in [0.717, 1.165) is 32.5 Å². The molecule has 0 amide bonds. The Hall–Kier alpha value is -0.810. The molecule has 0 spiro atoms. The molecule has 2 heterocycles. The highest BCUT2D eigenvalue weighted by molar-refractivity contribution is 5.77. The van der Waals surface area contributed by atoms with Crippen molar-refractivity contribution in [1.82, 2.24) is 10.2 Å². The maximum Gasteiger partial charge on any atom is 0.188 e. The number of piperidine rings is 1. The third kappa shape index (κ3) is 4.99. The lowest BCUT2D eigenvalue weighted by Gasteiger charge is -2.33. The fourth-order valence-corrected chi connectivity index (χ4v) is 2.86. The van der Waals surface area contributed by atoms with Crippen LogP contribution in [0, 0.1) is 0 Å². The van der Waals surface area contributed by atoms with Crippen LogP contribution in [0.3, 0.4) is 0 Å². The lowest BCUT2D eigenvalue weighted by molar-refractivity contribution is 0.117. The molecule has 0 aliphatic carbocycles. The van der Waals surface area contributed by atoms with Crippen molar-refractivity contribution in [3.63, 3.8) is 0 Å². The molecule has 0 aromatic carbocycles. The number of guanidine groups is 1. The van der Waals surface area contributed by atoms with Crippen LogP contribution in [-0.4, -0.2) is 55.8 Å². The van der Waals surface area contributed by atoms with Crippen molar-refractivity contribution >= 4 is 5.96 Å². The van der Waals surface area contributed by atoms with E-state index in [2.05, 4.69) is 22.1 Å². The largest absolute Gasteiger partial charge is 0.376 e. The number of nitrogens with two attached hydrogens (primary N) is 1. The first-order valence-electron chi connectivity index (χ1n) is 7.65. The predicted octanol–water partition coefficient (Wildman–Crippen LogP) is 0.944. The highest BCUT2D eigenvalue weighted by Gasteiger charge is 2.17. The summed E-state index contributed by atoms with van der Waals surface area (Å²) >= 11 is 0. The van der Waals surface area contributed by atoms with Gasteiger partial charge in [0, 0.05) is 25.7 Å². The zero-order chi connectivity index (χ0) is 13.5. The lowest BCUT2D eigenvalue weighted by atomic mass is 10.0. The number of rotatable bonds is 5. The first-order valence-corrected chi connectivity index (χ1v) is 7.65. The predicted molar refractivity (Wildman–Crippen MR) is 78.4 cm³/mol. The third-order valence-electron chi connectivity index (χ3n) is 4.13. The molecule has 2 saturated heterocycles. The van der Waals surface area contributed by atoms with Crippen LogP contribution in [0.4, 0.5) is 0 Å². The second-order valence-electron chi connectivity index (χ2n) is 5.67. The zero-order valence-corrected chi connectivity index (χ0v) is 12.1. The molecule has 2 aliphatic heterocycles. The number of nitrogens with zero attached hydrogens (tertiary/aromatic N) is 2. The van der Waals surface area contributed by atoms with E-state index in [0.29, 0.717) is 18.5 Å². The molecule has 5 heteroatoms. The van der Waals surface area contributed by atoms with Crippen molar-refractivity contribution in [3.8, 4) is 0 Å². The van der Waals surface area contributed by atoms with Crippen LogP contribution >= 0.6 is 0 Å². The quantitative estimate of drug-likeness (QED) is 0.575. The van der Waals surface area contributed by atoms with Gasteiger partial charge in [0.15, 0.2) is 5.96 Å². The summed E-state index contributed by atoms with van der Waals surface area (Å²) in [5.74, 6) is 0.556. The Labute approximate surface area is 116 Å². The van der Waals surface area contributed by atoms with Crippen LogP contribution in [0.5, 0.6) is 0 Å². The van der Waals surface area contributed by atoms with Gasteiger partial charge in [-0.25, -0.2) is 0 Å². The van der Waals surface area contributed by atoms with Crippen molar-refractivity contribution in [2.24, 2.45) is 10.7 Å². The molecule has 2 fully saturated rings. The van der Waals surface area contributed by atoms with Crippen molar-refractivity contribution in [2.45, 2.75) is 51.2 Å². The molecule has 5 nitrogen and oxygen atoms in total. The molecule has 0 saturated carbocycles. The summed E-state index contributed by atoms with van der Waals surface area (Å²) in [6.07, 6.45) is 6.57. The normalized spacial score (nSPS) is 29.6. The molecule has 110 valence electrons. The Kier molecular flexibility index (Phi) is 5.92. The summed E-state index contributed by atoms with van der Waals surface area (Å²) in [7, 11) is 0. The Morgan fingerprint density at radius 1 is 1.37 bits per heavy atom. The molecular weight excluding hydrogens is 240 g/mol. The molecule has 2 rings (SSSR count). The van der Waals surface area contributed by atoms with Crippen LogP contribution in [0.2, 0.25) is 0 Å². The number of likely N-dealkylation sites (tertiary alicyclic amines) is 1. The lowest BCUT2D eigenvalue weighted by Crippen LogP contribution is -2.44. The maximum absolute atomic E-state index is 5.87. The molecule has 19 heavy (non-hydrogen) atoms. The maximum atomic E-state index is 5.87. The first kappa shape index (κ1) is 14.6. The van der Waals surface area contributed by atoms with Crippen LogP contribution in [0.25, 0.3) is 0 Å². The molecular formula is C14H28N4O. The summed E-state index contributed by atoms with van der Waals surface area (Å²) in [4.78, 5) is 6.88.